The van der Waals surface area contributed by atoms with Crippen LogP contribution in [0.4, 0.5) is 0 Å². The molecule has 0 aliphatic carbocycles. The Hall–Kier alpha value is 2.13. The molecule has 0 spiro atoms. The monoisotopic (exact) mass is 554 g/mol. The summed E-state index contributed by atoms with van der Waals surface area (Å²) in [7, 11) is -3.97. The molecule has 128 valence electrons. The van der Waals surface area contributed by atoms with Gasteiger partial charge in [0.1, 0.15) is 11.1 Å². The fourth-order valence-electron chi connectivity index (χ4n) is 0.839. The summed E-state index contributed by atoms with van der Waals surface area (Å²) in [4.78, 5) is 0. The van der Waals surface area contributed by atoms with Crippen LogP contribution in [-0.4, -0.2) is 19.9 Å². The zero-order chi connectivity index (χ0) is 16.9. The van der Waals surface area contributed by atoms with Crippen molar-refractivity contribution in [3.8, 4) is 0 Å². The van der Waals surface area contributed by atoms with E-state index in [9.17, 15) is 4.57 Å². The van der Waals surface area contributed by atoms with E-state index in [4.69, 9.17) is 36.8 Å². The van der Waals surface area contributed by atoms with Gasteiger partial charge in [-0.2, -0.15) is 0 Å². The van der Waals surface area contributed by atoms with Gasteiger partial charge < -0.3 is 0 Å². The zero-order valence-corrected chi connectivity index (χ0v) is 19.4. The minimum Gasteiger partial charge on any atom is -0.267 e. The molecule has 0 aliphatic heterocycles. The molecule has 2 atom stereocenters. The molecule has 0 saturated carbocycles. The Morgan fingerprint density at radius 2 is 1.48 bits per heavy atom. The van der Waals surface area contributed by atoms with Crippen LogP contribution in [-0.2, 0) is 18.1 Å². The van der Waals surface area contributed by atoms with Crippen LogP contribution in [0.25, 0.3) is 0 Å². The van der Waals surface area contributed by atoms with Gasteiger partial charge in [-0.25, -0.2) is 4.57 Å². The molecular weight excluding hydrogens is 538 g/mol. The molecule has 0 rings (SSSR count). The van der Waals surface area contributed by atoms with Gasteiger partial charge in [0, 0.05) is 10.7 Å². The Morgan fingerprint density at radius 1 is 1.10 bits per heavy atom. The molecule has 0 aromatic carbocycles. The number of hydrogen-bond donors (Lipinski definition) is 0. The maximum absolute atomic E-state index is 12.8. The van der Waals surface area contributed by atoms with Crippen LogP contribution in [0.15, 0.2) is 0 Å². The summed E-state index contributed by atoms with van der Waals surface area (Å²) in [5.74, 6) is 0. The summed E-state index contributed by atoms with van der Waals surface area (Å²) < 4.78 is 27.7. The lowest BCUT2D eigenvalue weighted by molar-refractivity contribution is 0.0498. The molecule has 0 radical (unpaired) electrons. The minimum atomic E-state index is -3.97. The highest BCUT2D eigenvalue weighted by Gasteiger charge is 2.49. The molecule has 0 fully saturated rings. The number of hydrogen-bond acceptors (Lipinski definition) is 4. The van der Waals surface area contributed by atoms with Crippen molar-refractivity contribution in [3.63, 3.8) is 0 Å². The Labute approximate surface area is 161 Å². The second-order valence-electron chi connectivity index (χ2n) is 4.92. The van der Waals surface area contributed by atoms with Crippen molar-refractivity contribution in [2.45, 2.75) is 55.1 Å². The number of rotatable bonds is 10. The first kappa shape index (κ1) is 23.1. The van der Waals surface area contributed by atoms with E-state index in [1.54, 1.807) is 13.8 Å². The molecule has 0 bridgehead atoms. The smallest absolute Gasteiger partial charge is 0.267 e. The molecule has 0 N–H and O–H groups in total. The van der Waals surface area contributed by atoms with Crippen molar-refractivity contribution in [1.82, 2.24) is 0 Å². The van der Waals surface area contributed by atoms with E-state index in [1.807, 2.05) is 13.8 Å². The van der Waals surface area contributed by atoms with E-state index in [2.05, 4.69) is 47.8 Å². The fraction of sp³-hybridized carbons (Fsp3) is 1.00. The molecule has 21 heavy (non-hydrogen) atoms. The van der Waals surface area contributed by atoms with Crippen LogP contribution in [0.5, 0.6) is 0 Å². The average molecular weight is 558 g/mol. The van der Waals surface area contributed by atoms with Crippen LogP contribution >= 0.6 is 78.8 Å². The lowest BCUT2D eigenvalue weighted by atomic mass is 9.98. The van der Waals surface area contributed by atoms with Crippen molar-refractivity contribution in [1.29, 1.82) is 0 Å². The van der Waals surface area contributed by atoms with Gasteiger partial charge >= 0.3 is 7.82 Å². The summed E-state index contributed by atoms with van der Waals surface area (Å²) in [6.07, 6.45) is 0.882. The van der Waals surface area contributed by atoms with E-state index >= 15 is 0 Å². The van der Waals surface area contributed by atoms with E-state index < -0.39 is 27.8 Å². The van der Waals surface area contributed by atoms with Crippen LogP contribution < -0.4 is 0 Å². The predicted molar refractivity (Wildman–Crippen MR) is 98.9 cm³/mol. The highest BCUT2D eigenvalue weighted by molar-refractivity contribution is 9.25. The third-order valence-electron chi connectivity index (χ3n) is 2.48. The maximum atomic E-state index is 12.8. The topological polar surface area (TPSA) is 44.8 Å². The standard InChI is InChI=1S/C11H20Br3Cl2O4P/c1-5-8(15)18-21(17,19-9(16)6-2)20-11(13,14)10(3,4)7-12/h8-9H,5-7H2,1-4H3. The molecule has 10 heteroatoms. The quantitative estimate of drug-likeness (QED) is 0.215. The van der Waals surface area contributed by atoms with E-state index in [0.29, 0.717) is 18.2 Å². The number of halogens is 5. The number of phosphoric ester groups is 1. The molecule has 4 nitrogen and oxygen atoms in total. The summed E-state index contributed by atoms with van der Waals surface area (Å²) >= 11 is 22.0. The zero-order valence-electron chi connectivity index (χ0n) is 12.2. The average Bonchev–Trinajstić information content (AvgIpc) is 2.36. The SMILES string of the molecule is CCC(Cl)OP(=O)(OC(Cl)CC)OC(Br)(Br)C(C)(C)CBr. The molecule has 0 amide bonds. The van der Waals surface area contributed by atoms with Crippen LogP contribution in [0.2, 0.25) is 0 Å². The van der Waals surface area contributed by atoms with Crippen molar-refractivity contribution in [2.24, 2.45) is 5.41 Å². The van der Waals surface area contributed by atoms with Crippen LogP contribution in [0.1, 0.15) is 40.5 Å². The van der Waals surface area contributed by atoms with Gasteiger partial charge in [0.15, 0.2) is 3.42 Å². The second kappa shape index (κ2) is 9.57. The third-order valence-corrected chi connectivity index (χ3v) is 9.42. The Balaban J connectivity index is 5.27. The normalized spacial score (nSPS) is 19.1. The minimum absolute atomic E-state index is 0.441. The van der Waals surface area contributed by atoms with E-state index in [-0.39, 0.29) is 0 Å². The highest BCUT2D eigenvalue weighted by Crippen LogP contribution is 2.62. The Bertz CT molecular complexity index is 355. The summed E-state index contributed by atoms with van der Waals surface area (Å²) in [6, 6.07) is 0. The van der Waals surface area contributed by atoms with E-state index in [0.717, 1.165) is 0 Å². The van der Waals surface area contributed by atoms with Gasteiger partial charge in [0.05, 0.1) is 0 Å². The molecule has 0 saturated heterocycles. The van der Waals surface area contributed by atoms with Crippen molar-refractivity contribution < 1.29 is 18.1 Å². The maximum Gasteiger partial charge on any atom is 0.479 e. The first-order valence-corrected chi connectivity index (χ1v) is 11.4. The van der Waals surface area contributed by atoms with Gasteiger partial charge in [0.2, 0.25) is 0 Å². The molecule has 0 aromatic rings. The predicted octanol–water partition coefficient (Wildman–Crippen LogP) is 6.96. The van der Waals surface area contributed by atoms with Crippen molar-refractivity contribution in [2.75, 3.05) is 5.33 Å². The lowest BCUT2D eigenvalue weighted by Crippen LogP contribution is -2.37. The largest absolute Gasteiger partial charge is 0.479 e. The second-order valence-corrected chi connectivity index (χ2v) is 11.3. The van der Waals surface area contributed by atoms with Crippen molar-refractivity contribution >= 4 is 78.8 Å². The van der Waals surface area contributed by atoms with Crippen LogP contribution in [0, 0.1) is 5.41 Å². The molecule has 2 unspecified atom stereocenters. The fourth-order valence-corrected chi connectivity index (χ4v) is 5.44. The summed E-state index contributed by atoms with van der Waals surface area (Å²) in [5.41, 5.74) is -2.09. The van der Waals surface area contributed by atoms with Gasteiger partial charge in [-0.3, -0.25) is 13.6 Å². The van der Waals surface area contributed by atoms with Crippen molar-refractivity contribution in [3.05, 3.63) is 0 Å². The van der Waals surface area contributed by atoms with Crippen LogP contribution in [0.3, 0.4) is 0 Å². The molecular formula is C11H20Br3Cl2O4P. The van der Waals surface area contributed by atoms with Gasteiger partial charge in [0.25, 0.3) is 0 Å². The number of alkyl halides is 5. The molecule has 0 heterocycles. The van der Waals surface area contributed by atoms with Gasteiger partial charge in [-0.1, -0.05) is 66.8 Å². The first-order valence-electron chi connectivity index (χ1n) is 6.32. The highest BCUT2D eigenvalue weighted by atomic mass is 79.9. The van der Waals surface area contributed by atoms with Gasteiger partial charge in [-0.15, -0.1) is 0 Å². The third kappa shape index (κ3) is 7.70. The lowest BCUT2D eigenvalue weighted by Gasteiger charge is -2.38. The Morgan fingerprint density at radius 3 is 1.76 bits per heavy atom. The Kier molecular flexibility index (Phi) is 10.5. The summed E-state index contributed by atoms with van der Waals surface area (Å²) in [6.45, 7) is 7.37. The first-order chi connectivity index (χ1) is 9.43. The molecule has 0 aromatic heterocycles. The summed E-state index contributed by atoms with van der Waals surface area (Å²) in [5, 5.41) is 0.562. The number of phosphoric acid groups is 1. The molecule has 0 aliphatic rings. The van der Waals surface area contributed by atoms with E-state index in [1.165, 1.54) is 0 Å². The van der Waals surface area contributed by atoms with Gasteiger partial charge in [-0.05, 0) is 44.7 Å².